The van der Waals surface area contributed by atoms with Crippen LogP contribution in [-0.2, 0) is 14.2 Å². The second-order valence-corrected chi connectivity index (χ2v) is 32.4. The van der Waals surface area contributed by atoms with Crippen molar-refractivity contribution >= 4 is 43.0 Å². The summed E-state index contributed by atoms with van der Waals surface area (Å²) in [6.07, 6.45) is 12.2. The zero-order chi connectivity index (χ0) is 19.2. The summed E-state index contributed by atoms with van der Waals surface area (Å²) in [5, 5.41) is 0. The van der Waals surface area contributed by atoms with Gasteiger partial charge in [0.2, 0.25) is 0 Å². The maximum absolute atomic E-state index is 6.47. The molecule has 0 spiro atoms. The van der Waals surface area contributed by atoms with Crippen molar-refractivity contribution in [3.63, 3.8) is 0 Å². The molecule has 28 heavy (non-hydrogen) atoms. The molecule has 0 radical (unpaired) electrons. The fraction of sp³-hybridized carbons (Fsp3) is 0.500. The standard InChI is InChI=1S/C20H25I4NO3/c1-26-17-4-2-15(3-5-17)13-28-20-11-16(23-24-6-8-27-9-7-24)10-19-18(20)12-25-14-21-22-19/h2,4,10,12,14,16H,3,5-9,11,13H2,1H3/q-2. The fourth-order valence-corrected chi connectivity index (χ4v) is 29.0. The summed E-state index contributed by atoms with van der Waals surface area (Å²) in [5.41, 5.74) is 2.71. The van der Waals surface area contributed by atoms with Gasteiger partial charge in [-0.2, -0.15) is 0 Å². The molecule has 158 valence electrons. The Hall–Kier alpha value is 0.980. The van der Waals surface area contributed by atoms with E-state index in [0.29, 0.717) is 23.8 Å². The first-order chi connectivity index (χ1) is 13.8. The van der Waals surface area contributed by atoms with Gasteiger partial charge in [-0.15, -0.1) is 0 Å². The van der Waals surface area contributed by atoms with Crippen molar-refractivity contribution in [1.82, 2.24) is 0 Å². The number of fused-ring (bicyclic) bond motifs is 1. The summed E-state index contributed by atoms with van der Waals surface area (Å²) < 4.78 is 24.9. The third-order valence-corrected chi connectivity index (χ3v) is 32.0. The van der Waals surface area contributed by atoms with Gasteiger partial charge in [-0.1, -0.05) is 0 Å². The van der Waals surface area contributed by atoms with Gasteiger partial charge in [0.15, 0.2) is 0 Å². The Balaban J connectivity index is 1.46. The molecule has 2 heterocycles. The summed E-state index contributed by atoms with van der Waals surface area (Å²) in [4.78, 5) is 4.57. The summed E-state index contributed by atoms with van der Waals surface area (Å²) >= 11 is -0.138. The predicted octanol–water partition coefficient (Wildman–Crippen LogP) is -1.48. The van der Waals surface area contributed by atoms with Crippen LogP contribution in [0, 0.1) is 0 Å². The minimum atomic E-state index is -0.723. The second kappa shape index (κ2) is 11.6. The number of methoxy groups -OCH3 is 1. The molecule has 2 aliphatic carbocycles. The fourth-order valence-electron chi connectivity index (χ4n) is 3.14. The Morgan fingerprint density at radius 1 is 1.32 bits per heavy atom. The van der Waals surface area contributed by atoms with Gasteiger partial charge < -0.3 is 0 Å². The number of halogens is 4. The summed E-state index contributed by atoms with van der Waals surface area (Å²) in [6, 6.07) is 0. The van der Waals surface area contributed by atoms with E-state index >= 15 is 0 Å². The molecule has 2 aliphatic heterocycles. The predicted molar refractivity (Wildman–Crippen MR) is 125 cm³/mol. The van der Waals surface area contributed by atoms with E-state index in [1.165, 1.54) is 25.8 Å². The van der Waals surface area contributed by atoms with E-state index in [0.717, 1.165) is 42.2 Å². The number of hydrogen-bond acceptors (Lipinski definition) is 4. The Bertz CT molecular complexity index is 763. The Morgan fingerprint density at radius 3 is 3.00 bits per heavy atom. The van der Waals surface area contributed by atoms with E-state index < -0.39 is 15.8 Å². The van der Waals surface area contributed by atoms with Gasteiger partial charge in [0.05, 0.1) is 0 Å². The number of nitrogens with zero attached hydrogens (tertiary/aromatic N) is 1. The van der Waals surface area contributed by atoms with Crippen LogP contribution in [0.15, 0.2) is 49.5 Å². The number of ether oxygens (including phenoxy) is 3. The quantitative estimate of drug-likeness (QED) is 0.243. The van der Waals surface area contributed by atoms with Gasteiger partial charge in [-0.05, 0) is 0 Å². The van der Waals surface area contributed by atoms with Crippen molar-refractivity contribution in [2.24, 2.45) is 4.99 Å². The molecule has 0 bridgehead atoms. The molecule has 4 aliphatic rings. The van der Waals surface area contributed by atoms with Crippen LogP contribution in [0.1, 0.15) is 19.3 Å². The van der Waals surface area contributed by atoms with Crippen molar-refractivity contribution in [1.29, 1.82) is 0 Å². The van der Waals surface area contributed by atoms with Crippen LogP contribution in [0.3, 0.4) is 0 Å². The van der Waals surface area contributed by atoms with Crippen molar-refractivity contribution in [3.8, 4) is 0 Å². The number of aliphatic imine (C=N–C) groups is 1. The monoisotopic (exact) mass is 835 g/mol. The molecular formula is C20H25I4NO3-2. The summed E-state index contributed by atoms with van der Waals surface area (Å²) in [7, 11) is 1.75. The SMILES string of the molecule is COC1=CC=C(COC2=C3C=NC=I[I-]C3=CC([I-]I3CCOCC3)C2)CC1. The molecule has 1 fully saturated rings. The van der Waals surface area contributed by atoms with Gasteiger partial charge in [0.25, 0.3) is 0 Å². The van der Waals surface area contributed by atoms with Crippen LogP contribution in [0.2, 0.25) is 0 Å². The van der Waals surface area contributed by atoms with Crippen LogP contribution >= 0.6 is 32.6 Å². The van der Waals surface area contributed by atoms with Crippen molar-refractivity contribution in [3.05, 3.63) is 44.5 Å². The van der Waals surface area contributed by atoms with E-state index in [9.17, 15) is 0 Å². The molecule has 1 saturated heterocycles. The van der Waals surface area contributed by atoms with Crippen LogP contribution in [0.5, 0.6) is 0 Å². The zero-order valence-electron chi connectivity index (χ0n) is 15.8. The van der Waals surface area contributed by atoms with E-state index in [-0.39, 0.29) is 34.0 Å². The van der Waals surface area contributed by atoms with E-state index in [4.69, 9.17) is 14.2 Å². The molecule has 1 atom stereocenters. The molecule has 0 N–H and O–H groups in total. The molecule has 4 nitrogen and oxygen atoms in total. The number of allylic oxidation sites excluding steroid dienone is 7. The Labute approximate surface area is 197 Å². The first-order valence-corrected chi connectivity index (χ1v) is 28.5. The average molecular weight is 835 g/mol. The van der Waals surface area contributed by atoms with Crippen LogP contribution < -0.4 is 34.5 Å². The van der Waals surface area contributed by atoms with Gasteiger partial charge in [0, 0.05) is 0 Å². The molecular weight excluding hydrogens is 810 g/mol. The van der Waals surface area contributed by atoms with Crippen molar-refractivity contribution < 1.29 is 48.7 Å². The molecule has 0 aromatic rings. The third-order valence-electron chi connectivity index (χ3n) is 4.65. The van der Waals surface area contributed by atoms with Crippen LogP contribution in [0.4, 0.5) is 0 Å². The van der Waals surface area contributed by atoms with Crippen LogP contribution in [-0.4, -0.2) is 50.1 Å². The van der Waals surface area contributed by atoms with Gasteiger partial charge in [0.1, 0.15) is 0 Å². The minimum absolute atomic E-state index is 0.134. The first kappa shape index (κ1) is 22.2. The second-order valence-electron chi connectivity index (χ2n) is 6.52. The Kier molecular flexibility index (Phi) is 9.16. The topological polar surface area (TPSA) is 40.0 Å². The number of alkyl halides is 3. The van der Waals surface area contributed by atoms with Crippen molar-refractivity contribution in [2.45, 2.75) is 23.2 Å². The van der Waals surface area contributed by atoms with Gasteiger partial charge in [-0.25, -0.2) is 0 Å². The normalized spacial score (nSPS) is 26.8. The van der Waals surface area contributed by atoms with E-state index in [1.807, 2.05) is 0 Å². The van der Waals surface area contributed by atoms with E-state index in [1.54, 1.807) is 10.7 Å². The first-order valence-electron chi connectivity index (χ1n) is 9.29. The molecule has 0 aromatic carbocycles. The van der Waals surface area contributed by atoms with E-state index in [2.05, 4.69) is 33.6 Å². The molecule has 4 rings (SSSR count). The molecule has 8 heteroatoms. The maximum atomic E-state index is 6.47. The van der Waals surface area contributed by atoms with Gasteiger partial charge >= 0.3 is 200 Å². The van der Waals surface area contributed by atoms with Gasteiger partial charge in [-0.3, -0.25) is 0 Å². The summed E-state index contributed by atoms with van der Waals surface area (Å²) in [5.74, 6) is 2.30. The third kappa shape index (κ3) is 6.25. The molecule has 0 amide bonds. The Morgan fingerprint density at radius 2 is 2.21 bits per heavy atom. The van der Waals surface area contributed by atoms with Crippen molar-refractivity contribution in [2.75, 3.05) is 35.8 Å². The zero-order valence-corrected chi connectivity index (χ0v) is 24.4. The average Bonchev–Trinajstić information content (AvgIpc) is 2.99. The number of hydrogen-bond donors (Lipinski definition) is 0. The molecule has 0 saturated carbocycles. The molecule has 1 unspecified atom stereocenters. The molecule has 0 aromatic heterocycles. The van der Waals surface area contributed by atoms with Crippen LogP contribution in [0.25, 0.3) is 0 Å². The summed E-state index contributed by atoms with van der Waals surface area (Å²) in [6.45, 7) is 2.78. The number of rotatable bonds is 6.